The number of pyridine rings is 1. The molecule has 1 atom stereocenters. The molecule has 0 saturated carbocycles. The number of piperidine rings is 1. The first kappa shape index (κ1) is 18.1. The van der Waals surface area contributed by atoms with Crippen molar-refractivity contribution in [3.05, 3.63) is 64.8 Å². The van der Waals surface area contributed by atoms with Crippen LogP contribution in [0.15, 0.2) is 53.6 Å². The summed E-state index contributed by atoms with van der Waals surface area (Å²) in [4.78, 5) is 23.0. The van der Waals surface area contributed by atoms with Gasteiger partial charge >= 0.3 is 5.69 Å². The molecule has 5 rings (SSSR count). The summed E-state index contributed by atoms with van der Waals surface area (Å²) in [6, 6.07) is 10.8. The van der Waals surface area contributed by atoms with E-state index in [0.29, 0.717) is 24.1 Å². The maximum atomic E-state index is 13.0. The van der Waals surface area contributed by atoms with Crippen molar-refractivity contribution in [3.63, 3.8) is 0 Å². The molecule has 1 aliphatic rings. The maximum absolute atomic E-state index is 13.0. The maximum Gasteiger partial charge on any atom is 0.326 e. The summed E-state index contributed by atoms with van der Waals surface area (Å²) in [6.45, 7) is 0.764. The molecule has 1 aliphatic heterocycles. The standard InChI is InChI=1S/C20H21N5O3S/c26-20-23-17-11-22-19-16(8-9-21-19)18(17)25(20)15-7-4-10-24(12-15)29(27,28)13-14-5-2-1-3-6-14/h1-3,5-6,8-9,11,15H,4,7,10,12-13H2,(H,21,22)(H,23,26)/t15-/m1/s1. The lowest BCUT2D eigenvalue weighted by Crippen LogP contribution is -2.42. The van der Waals surface area contributed by atoms with Crippen LogP contribution in [0.4, 0.5) is 0 Å². The number of hydrogen-bond acceptors (Lipinski definition) is 4. The molecule has 0 unspecified atom stereocenters. The van der Waals surface area contributed by atoms with Crippen LogP contribution in [0.2, 0.25) is 0 Å². The topological polar surface area (TPSA) is 104 Å². The van der Waals surface area contributed by atoms with Crippen LogP contribution >= 0.6 is 0 Å². The highest BCUT2D eigenvalue weighted by Gasteiger charge is 2.31. The molecule has 2 N–H and O–H groups in total. The van der Waals surface area contributed by atoms with Gasteiger partial charge in [0.15, 0.2) is 0 Å². The Balaban J connectivity index is 1.51. The zero-order valence-electron chi connectivity index (χ0n) is 15.7. The minimum atomic E-state index is -3.47. The van der Waals surface area contributed by atoms with E-state index in [1.54, 1.807) is 17.0 Å². The van der Waals surface area contributed by atoms with Gasteiger partial charge in [-0.2, -0.15) is 4.31 Å². The molecule has 4 heterocycles. The SMILES string of the molecule is O=c1[nH]c2cnc3[nH]ccc3c2n1[C@@H]1CCCN(S(=O)(=O)Cc2ccccc2)C1. The lowest BCUT2D eigenvalue weighted by atomic mass is 10.1. The van der Waals surface area contributed by atoms with E-state index in [4.69, 9.17) is 0 Å². The Kier molecular flexibility index (Phi) is 4.29. The predicted molar refractivity (Wildman–Crippen MR) is 111 cm³/mol. The van der Waals surface area contributed by atoms with Gasteiger partial charge in [0.05, 0.1) is 29.0 Å². The Morgan fingerprint density at radius 3 is 2.83 bits per heavy atom. The normalized spacial score (nSPS) is 18.6. The summed E-state index contributed by atoms with van der Waals surface area (Å²) in [5.74, 6) is -0.0324. The van der Waals surface area contributed by atoms with E-state index < -0.39 is 10.0 Å². The first-order valence-corrected chi connectivity index (χ1v) is 11.2. The second-order valence-electron chi connectivity index (χ2n) is 7.46. The summed E-state index contributed by atoms with van der Waals surface area (Å²) in [5.41, 5.74) is 2.66. The number of aromatic amines is 2. The molecule has 1 aromatic carbocycles. The summed E-state index contributed by atoms with van der Waals surface area (Å²) in [6.07, 6.45) is 4.88. The molecule has 4 aromatic rings. The van der Waals surface area contributed by atoms with Crippen LogP contribution in [0.1, 0.15) is 24.4 Å². The van der Waals surface area contributed by atoms with Gasteiger partial charge in [0.2, 0.25) is 10.0 Å². The van der Waals surface area contributed by atoms with Crippen LogP contribution < -0.4 is 5.69 Å². The third-order valence-electron chi connectivity index (χ3n) is 5.57. The number of sulfonamides is 1. The molecule has 1 fully saturated rings. The quantitative estimate of drug-likeness (QED) is 0.538. The number of benzene rings is 1. The highest BCUT2D eigenvalue weighted by molar-refractivity contribution is 7.88. The van der Waals surface area contributed by atoms with Crippen molar-refractivity contribution in [2.24, 2.45) is 0 Å². The van der Waals surface area contributed by atoms with E-state index in [-0.39, 0.29) is 24.0 Å². The van der Waals surface area contributed by atoms with Gasteiger partial charge in [-0.15, -0.1) is 0 Å². The van der Waals surface area contributed by atoms with Crippen molar-refractivity contribution in [1.82, 2.24) is 23.8 Å². The van der Waals surface area contributed by atoms with Crippen LogP contribution in [0.25, 0.3) is 22.1 Å². The Labute approximate surface area is 167 Å². The molecular weight excluding hydrogens is 390 g/mol. The summed E-state index contributed by atoms with van der Waals surface area (Å²) >= 11 is 0. The van der Waals surface area contributed by atoms with E-state index in [0.717, 1.165) is 22.9 Å². The van der Waals surface area contributed by atoms with E-state index in [1.807, 2.05) is 36.4 Å². The van der Waals surface area contributed by atoms with Crippen LogP contribution in [0.3, 0.4) is 0 Å². The number of rotatable bonds is 4. The average Bonchev–Trinajstić information content (AvgIpc) is 3.31. The number of hydrogen-bond donors (Lipinski definition) is 2. The summed E-state index contributed by atoms with van der Waals surface area (Å²) in [5, 5.41) is 0.852. The largest absolute Gasteiger partial charge is 0.346 e. The molecule has 0 amide bonds. The van der Waals surface area contributed by atoms with Gasteiger partial charge in [-0.3, -0.25) is 4.57 Å². The fourth-order valence-electron chi connectivity index (χ4n) is 4.23. The van der Waals surface area contributed by atoms with E-state index in [1.165, 1.54) is 4.31 Å². The number of aromatic nitrogens is 4. The second kappa shape index (κ2) is 6.85. The van der Waals surface area contributed by atoms with Gasteiger partial charge in [0.1, 0.15) is 5.65 Å². The van der Waals surface area contributed by atoms with Crippen molar-refractivity contribution in [3.8, 4) is 0 Å². The van der Waals surface area contributed by atoms with Gasteiger partial charge in [-0.05, 0) is 24.5 Å². The minimum absolute atomic E-state index is 0.0324. The van der Waals surface area contributed by atoms with Crippen molar-refractivity contribution in [2.45, 2.75) is 24.6 Å². The highest BCUT2D eigenvalue weighted by atomic mass is 32.2. The Bertz CT molecular complexity index is 1340. The van der Waals surface area contributed by atoms with Crippen molar-refractivity contribution in [1.29, 1.82) is 0 Å². The summed E-state index contributed by atoms with van der Waals surface area (Å²) in [7, 11) is -3.47. The van der Waals surface area contributed by atoms with Gasteiger partial charge in [0, 0.05) is 24.7 Å². The monoisotopic (exact) mass is 411 g/mol. The molecule has 0 radical (unpaired) electrons. The molecule has 29 heavy (non-hydrogen) atoms. The molecule has 0 aliphatic carbocycles. The van der Waals surface area contributed by atoms with Crippen molar-refractivity contribution in [2.75, 3.05) is 13.1 Å². The van der Waals surface area contributed by atoms with E-state index in [9.17, 15) is 13.2 Å². The number of nitrogens with one attached hydrogen (secondary N) is 2. The van der Waals surface area contributed by atoms with Crippen molar-refractivity contribution >= 4 is 32.1 Å². The van der Waals surface area contributed by atoms with Crippen LogP contribution in [-0.4, -0.2) is 45.3 Å². The van der Waals surface area contributed by atoms with E-state index >= 15 is 0 Å². The van der Waals surface area contributed by atoms with Gasteiger partial charge in [-0.1, -0.05) is 30.3 Å². The van der Waals surface area contributed by atoms with Crippen LogP contribution in [-0.2, 0) is 15.8 Å². The minimum Gasteiger partial charge on any atom is -0.346 e. The lowest BCUT2D eigenvalue weighted by molar-refractivity contribution is 0.267. The fourth-order valence-corrected chi connectivity index (χ4v) is 5.83. The molecule has 0 spiro atoms. The second-order valence-corrected chi connectivity index (χ2v) is 9.43. The molecule has 0 bridgehead atoms. The Morgan fingerprint density at radius 1 is 1.17 bits per heavy atom. The Morgan fingerprint density at radius 2 is 2.00 bits per heavy atom. The van der Waals surface area contributed by atoms with Crippen LogP contribution in [0, 0.1) is 0 Å². The molecule has 1 saturated heterocycles. The molecule has 9 heteroatoms. The van der Waals surface area contributed by atoms with Gasteiger partial charge in [-0.25, -0.2) is 18.2 Å². The number of fused-ring (bicyclic) bond motifs is 3. The zero-order valence-corrected chi connectivity index (χ0v) is 16.5. The molecule has 150 valence electrons. The fraction of sp³-hybridized carbons (Fsp3) is 0.300. The van der Waals surface area contributed by atoms with Gasteiger partial charge in [0.25, 0.3) is 0 Å². The smallest absolute Gasteiger partial charge is 0.326 e. The van der Waals surface area contributed by atoms with E-state index in [2.05, 4.69) is 15.0 Å². The highest BCUT2D eigenvalue weighted by Crippen LogP contribution is 2.29. The molecule has 3 aromatic heterocycles. The summed E-state index contributed by atoms with van der Waals surface area (Å²) < 4.78 is 29.2. The average molecular weight is 411 g/mol. The number of nitrogens with zero attached hydrogens (tertiary/aromatic N) is 3. The van der Waals surface area contributed by atoms with Crippen LogP contribution in [0.5, 0.6) is 0 Å². The predicted octanol–water partition coefficient (Wildman–Crippen LogP) is 2.37. The van der Waals surface area contributed by atoms with Crippen molar-refractivity contribution < 1.29 is 8.42 Å². The third-order valence-corrected chi connectivity index (χ3v) is 7.39. The lowest BCUT2D eigenvalue weighted by Gasteiger charge is -2.32. The first-order valence-electron chi connectivity index (χ1n) is 9.61. The molecule has 8 nitrogen and oxygen atoms in total. The Hall–Kier alpha value is -2.91. The third kappa shape index (κ3) is 3.16. The van der Waals surface area contributed by atoms with Gasteiger partial charge < -0.3 is 9.97 Å². The zero-order chi connectivity index (χ0) is 20.0. The number of H-pyrrole nitrogens is 2. The number of imidazole rings is 1. The first-order chi connectivity index (χ1) is 14.0. The molecular formula is C20H21N5O3S.